The summed E-state index contributed by atoms with van der Waals surface area (Å²) in [6.45, 7) is -0.126. The van der Waals surface area contributed by atoms with E-state index in [1.165, 1.54) is 12.4 Å². The number of hydrogen-bond donors (Lipinski definition) is 4. The lowest BCUT2D eigenvalue weighted by molar-refractivity contribution is -0.137. The molecule has 40 heavy (non-hydrogen) atoms. The summed E-state index contributed by atoms with van der Waals surface area (Å²) >= 11 is 0. The smallest absolute Gasteiger partial charge is 0.383 e. The highest BCUT2D eigenvalue weighted by Gasteiger charge is 2.32. The van der Waals surface area contributed by atoms with Gasteiger partial charge in [0.2, 0.25) is 0 Å². The van der Waals surface area contributed by atoms with Crippen molar-refractivity contribution in [2.75, 3.05) is 11.1 Å². The minimum atomic E-state index is -4.73. The number of amides is 1. The molecule has 0 unspecified atom stereocenters. The summed E-state index contributed by atoms with van der Waals surface area (Å²) in [6.07, 6.45) is -2.80. The first-order valence-electron chi connectivity index (χ1n) is 11.7. The maximum Gasteiger partial charge on any atom is 0.417 e. The van der Waals surface area contributed by atoms with E-state index in [4.69, 9.17) is 5.73 Å². The van der Waals surface area contributed by atoms with Crippen molar-refractivity contribution in [3.8, 4) is 11.3 Å². The first-order valence-corrected chi connectivity index (χ1v) is 11.7. The first kappa shape index (κ1) is 26.5. The maximum absolute atomic E-state index is 13.5. The molecule has 3 aromatic heterocycles. The van der Waals surface area contributed by atoms with E-state index < -0.39 is 29.3 Å². The van der Waals surface area contributed by atoms with Gasteiger partial charge in [0.1, 0.15) is 23.7 Å². The monoisotopic (exact) mass is 554 g/mol. The highest BCUT2D eigenvalue weighted by atomic mass is 19.4. The molecule has 3 heterocycles. The largest absolute Gasteiger partial charge is 0.417 e. The molecular formula is C26H19F5N8O. The number of hydrogen-bond acceptors (Lipinski definition) is 7. The number of pyridine rings is 1. The molecule has 0 radical (unpaired) electrons. The van der Waals surface area contributed by atoms with E-state index in [9.17, 15) is 26.7 Å². The van der Waals surface area contributed by atoms with Crippen LogP contribution in [0.3, 0.4) is 0 Å². The van der Waals surface area contributed by atoms with Crippen LogP contribution >= 0.6 is 0 Å². The molecule has 0 aliphatic carbocycles. The topological polar surface area (TPSA) is 134 Å². The molecule has 0 spiro atoms. The molecule has 0 aliphatic rings. The Bertz CT molecular complexity index is 1700. The number of carbonyl (C=O) groups is 1. The standard InChI is InChI=1S/C26H19F5N8O/c27-18-6-3-14(7-19(18)28)10-35-25(40)17-8-16(26(29,30)31)11-34-23(17)33-9-13-1-4-15(5-2-13)21-20-22(32)36-12-37-24(20)39-38-21/h1-8,11-12H,9-10H2,(H,33,34)(H,35,40)(H3,32,36,37,38,39). The quantitative estimate of drug-likeness (QED) is 0.212. The lowest BCUT2D eigenvalue weighted by Crippen LogP contribution is -2.25. The average molecular weight is 554 g/mol. The summed E-state index contributed by atoms with van der Waals surface area (Å²) in [6, 6.07) is 10.8. The number of halogens is 5. The molecule has 0 bridgehead atoms. The SMILES string of the molecule is Nc1ncnc2[nH]nc(-c3ccc(CNc4ncc(C(F)(F)F)cc4C(=O)NCc4ccc(F)c(F)c4)cc3)c12. The van der Waals surface area contributed by atoms with Gasteiger partial charge < -0.3 is 16.4 Å². The van der Waals surface area contributed by atoms with Crippen molar-refractivity contribution < 1.29 is 26.7 Å². The molecule has 5 rings (SSSR count). The minimum Gasteiger partial charge on any atom is -0.383 e. The fourth-order valence-electron chi connectivity index (χ4n) is 3.92. The van der Waals surface area contributed by atoms with Crippen LogP contribution in [0.15, 0.2) is 61.1 Å². The van der Waals surface area contributed by atoms with Gasteiger partial charge in [-0.05, 0) is 29.3 Å². The predicted octanol–water partition coefficient (Wildman–Crippen LogP) is 4.84. The number of aromatic nitrogens is 5. The number of fused-ring (bicyclic) bond motifs is 1. The van der Waals surface area contributed by atoms with Crippen LogP contribution in [0.2, 0.25) is 0 Å². The van der Waals surface area contributed by atoms with Gasteiger partial charge in [0, 0.05) is 24.8 Å². The zero-order valence-electron chi connectivity index (χ0n) is 20.4. The fraction of sp³-hybridized carbons (Fsp3) is 0.115. The second-order valence-electron chi connectivity index (χ2n) is 8.65. The van der Waals surface area contributed by atoms with Crippen molar-refractivity contribution in [1.29, 1.82) is 0 Å². The van der Waals surface area contributed by atoms with Gasteiger partial charge in [-0.25, -0.2) is 23.7 Å². The van der Waals surface area contributed by atoms with Crippen LogP contribution in [-0.2, 0) is 19.3 Å². The van der Waals surface area contributed by atoms with Crippen molar-refractivity contribution in [1.82, 2.24) is 30.5 Å². The minimum absolute atomic E-state index is 0.0944. The number of nitrogen functional groups attached to an aromatic ring is 1. The van der Waals surface area contributed by atoms with Gasteiger partial charge in [0.05, 0.1) is 16.5 Å². The van der Waals surface area contributed by atoms with Crippen LogP contribution in [0, 0.1) is 11.6 Å². The average Bonchev–Trinajstić information content (AvgIpc) is 3.38. The highest BCUT2D eigenvalue weighted by Crippen LogP contribution is 2.31. The lowest BCUT2D eigenvalue weighted by Gasteiger charge is -2.14. The molecule has 2 aromatic carbocycles. The third kappa shape index (κ3) is 5.50. The summed E-state index contributed by atoms with van der Waals surface area (Å²) < 4.78 is 66.6. The number of anilines is 2. The van der Waals surface area contributed by atoms with E-state index >= 15 is 0 Å². The van der Waals surface area contributed by atoms with E-state index in [0.29, 0.717) is 29.0 Å². The molecule has 5 N–H and O–H groups in total. The number of rotatable bonds is 7. The number of aromatic amines is 1. The van der Waals surface area contributed by atoms with Gasteiger partial charge in [-0.15, -0.1) is 0 Å². The number of nitrogens with zero attached hydrogens (tertiary/aromatic N) is 4. The zero-order chi connectivity index (χ0) is 28.4. The number of H-pyrrole nitrogens is 1. The van der Waals surface area contributed by atoms with Crippen molar-refractivity contribution in [3.05, 3.63) is 94.9 Å². The number of carbonyl (C=O) groups excluding carboxylic acids is 1. The lowest BCUT2D eigenvalue weighted by atomic mass is 10.1. The van der Waals surface area contributed by atoms with Crippen molar-refractivity contribution >= 4 is 28.6 Å². The van der Waals surface area contributed by atoms with E-state index in [2.05, 4.69) is 35.8 Å². The molecule has 9 nitrogen and oxygen atoms in total. The van der Waals surface area contributed by atoms with Gasteiger partial charge >= 0.3 is 6.18 Å². The Morgan fingerprint density at radius 3 is 2.40 bits per heavy atom. The second-order valence-corrected chi connectivity index (χ2v) is 8.65. The molecule has 0 saturated carbocycles. The van der Waals surface area contributed by atoms with Crippen molar-refractivity contribution in [3.63, 3.8) is 0 Å². The molecule has 0 saturated heterocycles. The summed E-state index contributed by atoms with van der Waals surface area (Å²) in [4.78, 5) is 24.7. The Balaban J connectivity index is 1.34. The van der Waals surface area contributed by atoms with Crippen LogP contribution < -0.4 is 16.4 Å². The Morgan fingerprint density at radius 1 is 0.925 bits per heavy atom. The molecule has 204 valence electrons. The third-order valence-corrected chi connectivity index (χ3v) is 5.97. The molecule has 0 fully saturated rings. The van der Waals surface area contributed by atoms with Crippen LogP contribution in [0.5, 0.6) is 0 Å². The van der Waals surface area contributed by atoms with E-state index in [1.807, 2.05) is 0 Å². The highest BCUT2D eigenvalue weighted by molar-refractivity contribution is 5.99. The third-order valence-electron chi connectivity index (χ3n) is 5.97. The van der Waals surface area contributed by atoms with Crippen molar-refractivity contribution in [2.45, 2.75) is 19.3 Å². The Labute approximate surface area is 222 Å². The summed E-state index contributed by atoms with van der Waals surface area (Å²) in [5.41, 5.74) is 7.18. The van der Waals surface area contributed by atoms with Crippen LogP contribution in [-0.4, -0.2) is 31.1 Å². The van der Waals surface area contributed by atoms with Gasteiger partial charge in [0.15, 0.2) is 17.3 Å². The van der Waals surface area contributed by atoms with Gasteiger partial charge in [-0.1, -0.05) is 30.3 Å². The summed E-state index contributed by atoms with van der Waals surface area (Å²) in [5, 5.41) is 12.9. The van der Waals surface area contributed by atoms with E-state index in [1.54, 1.807) is 24.3 Å². The van der Waals surface area contributed by atoms with Gasteiger partial charge in [-0.3, -0.25) is 9.89 Å². The van der Waals surface area contributed by atoms with Gasteiger partial charge in [-0.2, -0.15) is 18.3 Å². The molecule has 0 aliphatic heterocycles. The molecule has 0 atom stereocenters. The fourth-order valence-corrected chi connectivity index (χ4v) is 3.92. The second kappa shape index (κ2) is 10.6. The Hall–Kier alpha value is -5.14. The normalized spacial score (nSPS) is 11.5. The summed E-state index contributed by atoms with van der Waals surface area (Å²) in [5.74, 6) is -2.89. The van der Waals surface area contributed by atoms with Crippen molar-refractivity contribution in [2.24, 2.45) is 0 Å². The van der Waals surface area contributed by atoms with Crippen LogP contribution in [0.4, 0.5) is 33.6 Å². The molecule has 5 aromatic rings. The van der Waals surface area contributed by atoms with E-state index in [-0.39, 0.29) is 35.9 Å². The Morgan fingerprint density at radius 2 is 1.68 bits per heavy atom. The van der Waals surface area contributed by atoms with Crippen LogP contribution in [0.25, 0.3) is 22.3 Å². The zero-order valence-corrected chi connectivity index (χ0v) is 20.4. The van der Waals surface area contributed by atoms with Crippen LogP contribution in [0.1, 0.15) is 27.0 Å². The number of benzene rings is 2. The molecule has 1 amide bonds. The van der Waals surface area contributed by atoms with E-state index in [0.717, 1.165) is 23.3 Å². The predicted molar refractivity (Wildman–Crippen MR) is 136 cm³/mol. The molecular weight excluding hydrogens is 535 g/mol. The first-order chi connectivity index (χ1) is 19.1. The maximum atomic E-state index is 13.5. The molecule has 14 heteroatoms. The number of nitrogens with two attached hydrogens (primary N) is 1. The number of alkyl halides is 3. The summed E-state index contributed by atoms with van der Waals surface area (Å²) in [7, 11) is 0. The Kier molecular flexibility index (Phi) is 6.98. The number of nitrogens with one attached hydrogen (secondary N) is 3. The van der Waals surface area contributed by atoms with Gasteiger partial charge in [0.25, 0.3) is 5.91 Å².